The molecule has 1 heteroatoms. The Morgan fingerprint density at radius 3 is 2.58 bits per heavy atom. The lowest BCUT2D eigenvalue weighted by atomic mass is 10.0. The van der Waals surface area contributed by atoms with Crippen LogP contribution in [0.5, 0.6) is 0 Å². The van der Waals surface area contributed by atoms with Gasteiger partial charge < -0.3 is 0 Å². The minimum absolute atomic E-state index is 0.0611. The zero-order chi connectivity index (χ0) is 8.97. The van der Waals surface area contributed by atoms with Crippen LogP contribution in [-0.2, 0) is 12.8 Å². The summed E-state index contributed by atoms with van der Waals surface area (Å²) in [5.74, 6) is -0.0611. The van der Waals surface area contributed by atoms with Crippen molar-refractivity contribution < 1.29 is 4.39 Å². The Hall–Kier alpha value is -0.850. The van der Waals surface area contributed by atoms with E-state index < -0.39 is 0 Å². The Morgan fingerprint density at radius 1 is 1.25 bits per heavy atom. The van der Waals surface area contributed by atoms with Crippen LogP contribution in [0, 0.1) is 5.82 Å². The number of benzene rings is 1. The lowest BCUT2D eigenvalue weighted by molar-refractivity contribution is 0.606. The van der Waals surface area contributed by atoms with E-state index in [1.165, 1.54) is 5.56 Å². The van der Waals surface area contributed by atoms with Crippen molar-refractivity contribution in [1.82, 2.24) is 0 Å². The quantitative estimate of drug-likeness (QED) is 0.646. The van der Waals surface area contributed by atoms with E-state index in [4.69, 9.17) is 0 Å². The first-order valence-electron chi connectivity index (χ1n) is 4.55. The predicted molar refractivity (Wildman–Crippen MR) is 49.8 cm³/mol. The second-order valence-electron chi connectivity index (χ2n) is 3.03. The molecule has 1 aromatic carbocycles. The third kappa shape index (κ3) is 2.07. The maximum atomic E-state index is 13.1. The molecule has 12 heavy (non-hydrogen) atoms. The van der Waals surface area contributed by atoms with Crippen molar-refractivity contribution in [3.05, 3.63) is 35.1 Å². The van der Waals surface area contributed by atoms with Gasteiger partial charge in [0.1, 0.15) is 5.82 Å². The number of rotatable bonds is 3. The third-order valence-corrected chi connectivity index (χ3v) is 2.04. The average Bonchev–Trinajstić information content (AvgIpc) is 2.09. The summed E-state index contributed by atoms with van der Waals surface area (Å²) >= 11 is 0. The summed E-state index contributed by atoms with van der Waals surface area (Å²) in [6, 6.07) is 5.40. The van der Waals surface area contributed by atoms with Gasteiger partial charge in [0.2, 0.25) is 0 Å². The molecule has 0 aromatic heterocycles. The third-order valence-electron chi connectivity index (χ3n) is 2.04. The number of halogens is 1. The fourth-order valence-electron chi connectivity index (χ4n) is 1.31. The van der Waals surface area contributed by atoms with Crippen molar-refractivity contribution in [2.45, 2.75) is 33.1 Å². The molecule has 0 spiro atoms. The summed E-state index contributed by atoms with van der Waals surface area (Å²) in [5.41, 5.74) is 2.08. The maximum Gasteiger partial charge on any atom is 0.126 e. The fraction of sp³-hybridized carbons (Fsp3) is 0.455. The van der Waals surface area contributed by atoms with E-state index in [2.05, 4.69) is 13.8 Å². The standard InChI is InChI=1S/C11H15F/c1-3-5-10-8-9(4-2)6-7-11(10)12/h6-8H,3-5H2,1-2H3. The molecule has 0 radical (unpaired) electrons. The average molecular weight is 166 g/mol. The molecule has 1 rings (SSSR count). The number of hydrogen-bond acceptors (Lipinski definition) is 0. The van der Waals surface area contributed by atoms with Crippen LogP contribution >= 0.6 is 0 Å². The molecule has 0 unspecified atom stereocenters. The molecule has 0 saturated heterocycles. The van der Waals surface area contributed by atoms with E-state index in [9.17, 15) is 4.39 Å². The van der Waals surface area contributed by atoms with Gasteiger partial charge in [-0.25, -0.2) is 4.39 Å². The minimum atomic E-state index is -0.0611. The van der Waals surface area contributed by atoms with E-state index in [1.54, 1.807) is 6.07 Å². The lowest BCUT2D eigenvalue weighted by Gasteiger charge is -2.03. The van der Waals surface area contributed by atoms with Gasteiger partial charge in [-0.3, -0.25) is 0 Å². The summed E-state index contributed by atoms with van der Waals surface area (Å²) < 4.78 is 13.1. The largest absolute Gasteiger partial charge is 0.207 e. The van der Waals surface area contributed by atoms with E-state index in [-0.39, 0.29) is 5.82 Å². The molecule has 0 bridgehead atoms. The molecule has 0 fully saturated rings. The fourth-order valence-corrected chi connectivity index (χ4v) is 1.31. The summed E-state index contributed by atoms with van der Waals surface area (Å²) in [6.45, 7) is 4.15. The molecule has 0 aliphatic heterocycles. The SMILES string of the molecule is CCCc1cc(CC)ccc1F. The summed E-state index contributed by atoms with van der Waals surface area (Å²) in [4.78, 5) is 0. The van der Waals surface area contributed by atoms with E-state index >= 15 is 0 Å². The minimum Gasteiger partial charge on any atom is -0.207 e. The molecule has 0 amide bonds. The molecule has 0 aliphatic rings. The molecule has 0 N–H and O–H groups in total. The Bertz CT molecular complexity index is 253. The van der Waals surface area contributed by atoms with Gasteiger partial charge in [-0.15, -0.1) is 0 Å². The first-order valence-corrected chi connectivity index (χ1v) is 4.55. The van der Waals surface area contributed by atoms with Crippen LogP contribution in [0.1, 0.15) is 31.4 Å². The van der Waals surface area contributed by atoms with Gasteiger partial charge in [0.25, 0.3) is 0 Å². The summed E-state index contributed by atoms with van der Waals surface area (Å²) in [7, 11) is 0. The number of hydrogen-bond donors (Lipinski definition) is 0. The van der Waals surface area contributed by atoms with Crippen molar-refractivity contribution in [3.63, 3.8) is 0 Å². The highest BCUT2D eigenvalue weighted by Gasteiger charge is 2.00. The molecule has 0 saturated carbocycles. The summed E-state index contributed by atoms with van der Waals surface area (Å²) in [5, 5.41) is 0. The predicted octanol–water partition coefficient (Wildman–Crippen LogP) is 3.34. The van der Waals surface area contributed by atoms with E-state index in [0.29, 0.717) is 0 Å². The Balaban J connectivity index is 2.91. The monoisotopic (exact) mass is 166 g/mol. The second-order valence-corrected chi connectivity index (χ2v) is 3.03. The van der Waals surface area contributed by atoms with Gasteiger partial charge in [0, 0.05) is 0 Å². The Kier molecular flexibility index (Phi) is 3.27. The van der Waals surface area contributed by atoms with Crippen LogP contribution in [0.25, 0.3) is 0 Å². The highest BCUT2D eigenvalue weighted by molar-refractivity contribution is 5.25. The van der Waals surface area contributed by atoms with Gasteiger partial charge >= 0.3 is 0 Å². The molecule has 1 aromatic rings. The zero-order valence-electron chi connectivity index (χ0n) is 7.73. The highest BCUT2D eigenvalue weighted by atomic mass is 19.1. The summed E-state index contributed by atoms with van der Waals surface area (Å²) in [6.07, 6.45) is 2.83. The van der Waals surface area contributed by atoms with Crippen molar-refractivity contribution in [3.8, 4) is 0 Å². The molecular formula is C11H15F. The Labute approximate surface area is 73.4 Å². The van der Waals surface area contributed by atoms with Gasteiger partial charge in [0.15, 0.2) is 0 Å². The van der Waals surface area contributed by atoms with Crippen LogP contribution in [0.15, 0.2) is 18.2 Å². The topological polar surface area (TPSA) is 0 Å². The van der Waals surface area contributed by atoms with E-state index in [1.807, 2.05) is 12.1 Å². The van der Waals surface area contributed by atoms with Gasteiger partial charge in [-0.05, 0) is 30.0 Å². The maximum absolute atomic E-state index is 13.1. The smallest absolute Gasteiger partial charge is 0.126 e. The molecule has 0 nitrogen and oxygen atoms in total. The van der Waals surface area contributed by atoms with Crippen LogP contribution in [-0.4, -0.2) is 0 Å². The number of aryl methyl sites for hydroxylation is 2. The van der Waals surface area contributed by atoms with Gasteiger partial charge in [-0.2, -0.15) is 0 Å². The van der Waals surface area contributed by atoms with Crippen LogP contribution in [0.2, 0.25) is 0 Å². The van der Waals surface area contributed by atoms with Crippen molar-refractivity contribution >= 4 is 0 Å². The highest BCUT2D eigenvalue weighted by Crippen LogP contribution is 2.12. The van der Waals surface area contributed by atoms with Crippen molar-refractivity contribution in [1.29, 1.82) is 0 Å². The lowest BCUT2D eigenvalue weighted by Crippen LogP contribution is -1.91. The van der Waals surface area contributed by atoms with Crippen LogP contribution < -0.4 is 0 Å². The van der Waals surface area contributed by atoms with E-state index in [0.717, 1.165) is 24.8 Å². The second kappa shape index (κ2) is 4.24. The normalized spacial score (nSPS) is 10.2. The first-order chi connectivity index (χ1) is 5.77. The molecular weight excluding hydrogens is 151 g/mol. The van der Waals surface area contributed by atoms with Gasteiger partial charge in [0.05, 0.1) is 0 Å². The molecule has 0 atom stereocenters. The van der Waals surface area contributed by atoms with Crippen LogP contribution in [0.3, 0.4) is 0 Å². The zero-order valence-corrected chi connectivity index (χ0v) is 7.73. The molecule has 66 valence electrons. The van der Waals surface area contributed by atoms with Crippen LogP contribution in [0.4, 0.5) is 4.39 Å². The van der Waals surface area contributed by atoms with Gasteiger partial charge in [-0.1, -0.05) is 32.4 Å². The molecule has 0 heterocycles. The van der Waals surface area contributed by atoms with Crippen molar-refractivity contribution in [2.24, 2.45) is 0 Å². The first kappa shape index (κ1) is 9.24. The Morgan fingerprint density at radius 2 is 2.00 bits per heavy atom. The van der Waals surface area contributed by atoms with Crippen molar-refractivity contribution in [2.75, 3.05) is 0 Å². The molecule has 0 aliphatic carbocycles.